The summed E-state index contributed by atoms with van der Waals surface area (Å²) in [6, 6.07) is 6.47. The first-order chi connectivity index (χ1) is 13.2. The number of ether oxygens (including phenoxy) is 1. The van der Waals surface area contributed by atoms with Crippen molar-refractivity contribution in [2.24, 2.45) is 0 Å². The van der Waals surface area contributed by atoms with Gasteiger partial charge in [-0.05, 0) is 43.2 Å². The smallest absolute Gasteiger partial charge is 0.305 e. The molecule has 0 saturated carbocycles. The minimum absolute atomic E-state index is 0.0842. The second kappa shape index (κ2) is 7.84. The highest BCUT2D eigenvalue weighted by Gasteiger charge is 2.25. The molecule has 3 rings (SSSR count). The van der Waals surface area contributed by atoms with Crippen molar-refractivity contribution in [1.29, 1.82) is 0 Å². The van der Waals surface area contributed by atoms with Gasteiger partial charge < -0.3 is 4.74 Å². The Hall–Kier alpha value is -2.52. The van der Waals surface area contributed by atoms with Crippen LogP contribution >= 0.6 is 11.6 Å². The first-order valence-corrected chi connectivity index (χ1v) is 9.99. The molecule has 0 fully saturated rings. The fourth-order valence-electron chi connectivity index (χ4n) is 2.85. The van der Waals surface area contributed by atoms with Crippen molar-refractivity contribution in [2.75, 3.05) is 7.11 Å². The molecule has 28 heavy (non-hydrogen) atoms. The lowest BCUT2D eigenvalue weighted by Gasteiger charge is -2.12. The maximum atomic E-state index is 13.6. The van der Waals surface area contributed by atoms with E-state index in [9.17, 15) is 22.0 Å². The van der Waals surface area contributed by atoms with Gasteiger partial charge in [-0.3, -0.25) is 4.79 Å². The van der Waals surface area contributed by atoms with E-state index in [1.807, 2.05) is 0 Å². The molecule has 0 N–H and O–H groups in total. The zero-order chi connectivity index (χ0) is 20.5. The molecule has 6 nitrogen and oxygen atoms in total. The van der Waals surface area contributed by atoms with Gasteiger partial charge in [0.2, 0.25) is 0 Å². The van der Waals surface area contributed by atoms with Crippen LogP contribution in [0.15, 0.2) is 41.3 Å². The molecular weight excluding hydrogens is 414 g/mol. The van der Waals surface area contributed by atoms with Crippen molar-refractivity contribution in [3.05, 3.63) is 58.9 Å². The van der Waals surface area contributed by atoms with E-state index in [1.54, 1.807) is 0 Å². The van der Waals surface area contributed by atoms with Crippen LogP contribution in [0.1, 0.15) is 18.5 Å². The molecule has 0 aliphatic rings. The third kappa shape index (κ3) is 4.00. The summed E-state index contributed by atoms with van der Waals surface area (Å²) >= 11 is 5.89. The molecule has 1 aromatic carbocycles. The van der Waals surface area contributed by atoms with Gasteiger partial charge in [-0.1, -0.05) is 11.6 Å². The zero-order valence-electron chi connectivity index (χ0n) is 14.7. The first-order valence-electron chi connectivity index (χ1n) is 8.18. The SMILES string of the molecule is COC(=O)CCCc1cc2nc(Cl)ccc2n1S(=O)(=O)c1cc(F)cc(F)c1. The van der Waals surface area contributed by atoms with Gasteiger partial charge in [-0.15, -0.1) is 0 Å². The Balaban J connectivity index is 2.14. The van der Waals surface area contributed by atoms with Gasteiger partial charge in [-0.2, -0.15) is 0 Å². The number of aromatic nitrogens is 2. The summed E-state index contributed by atoms with van der Waals surface area (Å²) < 4.78 is 59.1. The summed E-state index contributed by atoms with van der Waals surface area (Å²) in [5, 5.41) is 0.167. The Kier molecular flexibility index (Phi) is 5.66. The molecule has 0 radical (unpaired) electrons. The number of rotatable bonds is 6. The van der Waals surface area contributed by atoms with Crippen molar-refractivity contribution >= 4 is 38.6 Å². The third-order valence-electron chi connectivity index (χ3n) is 4.07. The number of nitrogens with zero attached hydrogens (tertiary/aromatic N) is 2. The van der Waals surface area contributed by atoms with Gasteiger partial charge in [0.25, 0.3) is 10.0 Å². The summed E-state index contributed by atoms with van der Waals surface area (Å²) in [5.41, 5.74) is 0.821. The highest BCUT2D eigenvalue weighted by Crippen LogP contribution is 2.27. The Bertz CT molecular complexity index is 1140. The number of hydrogen-bond acceptors (Lipinski definition) is 5. The number of esters is 1. The number of aryl methyl sites for hydroxylation is 1. The van der Waals surface area contributed by atoms with Crippen molar-refractivity contribution in [1.82, 2.24) is 8.96 Å². The van der Waals surface area contributed by atoms with E-state index >= 15 is 0 Å². The Morgan fingerprint density at radius 1 is 1.18 bits per heavy atom. The van der Waals surface area contributed by atoms with Crippen LogP contribution < -0.4 is 0 Å². The number of carbonyl (C=O) groups excluding carboxylic acids is 1. The molecule has 0 amide bonds. The normalized spacial score (nSPS) is 11.7. The largest absolute Gasteiger partial charge is 0.469 e. The summed E-state index contributed by atoms with van der Waals surface area (Å²) in [7, 11) is -3.07. The molecule has 3 aromatic rings. The Morgan fingerprint density at radius 2 is 1.86 bits per heavy atom. The Morgan fingerprint density at radius 3 is 2.50 bits per heavy atom. The monoisotopic (exact) mass is 428 g/mol. The van der Waals surface area contributed by atoms with E-state index in [1.165, 1.54) is 25.3 Å². The number of benzene rings is 1. The van der Waals surface area contributed by atoms with Crippen LogP contribution in [0.25, 0.3) is 11.0 Å². The molecule has 10 heteroatoms. The van der Waals surface area contributed by atoms with E-state index in [-0.39, 0.29) is 23.5 Å². The minimum atomic E-state index is -4.33. The van der Waals surface area contributed by atoms with Gasteiger partial charge in [0, 0.05) is 18.2 Å². The average molecular weight is 429 g/mol. The van der Waals surface area contributed by atoms with Crippen LogP contribution in [0.2, 0.25) is 5.15 Å². The van der Waals surface area contributed by atoms with Gasteiger partial charge >= 0.3 is 5.97 Å². The van der Waals surface area contributed by atoms with Crippen LogP contribution in [0, 0.1) is 11.6 Å². The molecule has 0 bridgehead atoms. The van der Waals surface area contributed by atoms with Crippen LogP contribution in [0.4, 0.5) is 8.78 Å². The molecular formula is C18H15ClF2N2O4S. The van der Waals surface area contributed by atoms with E-state index in [0.29, 0.717) is 23.7 Å². The van der Waals surface area contributed by atoms with Crippen molar-refractivity contribution < 1.29 is 26.7 Å². The Labute approximate surface area is 164 Å². The molecule has 0 unspecified atom stereocenters. The van der Waals surface area contributed by atoms with Crippen LogP contribution in [-0.2, 0) is 26.0 Å². The lowest BCUT2D eigenvalue weighted by atomic mass is 10.2. The van der Waals surface area contributed by atoms with E-state index < -0.39 is 32.5 Å². The first kappa shape index (κ1) is 20.2. The molecule has 148 valence electrons. The number of halogens is 3. The average Bonchev–Trinajstić information content (AvgIpc) is 2.98. The van der Waals surface area contributed by atoms with Gasteiger partial charge in [0.15, 0.2) is 0 Å². The summed E-state index contributed by atoms with van der Waals surface area (Å²) in [6.45, 7) is 0. The number of hydrogen-bond donors (Lipinski definition) is 0. The molecule has 2 heterocycles. The predicted octanol–water partition coefficient (Wildman–Crippen LogP) is 3.70. The highest BCUT2D eigenvalue weighted by molar-refractivity contribution is 7.90. The number of fused-ring (bicyclic) bond motifs is 1. The summed E-state index contributed by atoms with van der Waals surface area (Å²) in [5.74, 6) is -2.45. The number of carbonyl (C=O) groups is 1. The van der Waals surface area contributed by atoms with E-state index in [4.69, 9.17) is 11.6 Å². The molecule has 0 aliphatic heterocycles. The maximum Gasteiger partial charge on any atom is 0.305 e. The summed E-state index contributed by atoms with van der Waals surface area (Å²) in [4.78, 5) is 14.9. The predicted molar refractivity (Wildman–Crippen MR) is 98.6 cm³/mol. The fourth-order valence-corrected chi connectivity index (χ4v) is 4.60. The molecule has 0 atom stereocenters. The number of pyridine rings is 1. The van der Waals surface area contributed by atoms with Crippen LogP contribution in [0.3, 0.4) is 0 Å². The minimum Gasteiger partial charge on any atom is -0.469 e. The topological polar surface area (TPSA) is 78.3 Å². The van der Waals surface area contributed by atoms with Crippen LogP contribution in [-0.4, -0.2) is 30.5 Å². The second-order valence-corrected chi connectivity index (χ2v) is 8.15. The standard InChI is InChI=1S/C18H15ClF2N2O4S/c1-27-18(24)4-2-3-13-10-15-16(5-6-17(19)22-15)23(13)28(25,26)14-8-11(20)7-12(21)9-14/h5-10H,2-4H2,1H3. The zero-order valence-corrected chi connectivity index (χ0v) is 16.2. The molecule has 0 aliphatic carbocycles. The fraction of sp³-hybridized carbons (Fsp3) is 0.222. The maximum absolute atomic E-state index is 13.6. The van der Waals surface area contributed by atoms with Gasteiger partial charge in [0.05, 0.1) is 23.0 Å². The lowest BCUT2D eigenvalue weighted by molar-refractivity contribution is -0.140. The molecule has 0 spiro atoms. The van der Waals surface area contributed by atoms with Gasteiger partial charge in [-0.25, -0.2) is 26.2 Å². The summed E-state index contributed by atoms with van der Waals surface area (Å²) in [6.07, 6.45) is 0.588. The molecule has 0 saturated heterocycles. The quantitative estimate of drug-likeness (QED) is 0.442. The van der Waals surface area contributed by atoms with Crippen molar-refractivity contribution in [2.45, 2.75) is 24.2 Å². The number of methoxy groups -OCH3 is 1. The van der Waals surface area contributed by atoms with Gasteiger partial charge in [0.1, 0.15) is 16.8 Å². The van der Waals surface area contributed by atoms with Crippen molar-refractivity contribution in [3.63, 3.8) is 0 Å². The van der Waals surface area contributed by atoms with Crippen molar-refractivity contribution in [3.8, 4) is 0 Å². The van der Waals surface area contributed by atoms with E-state index in [0.717, 1.165) is 16.1 Å². The van der Waals surface area contributed by atoms with E-state index in [2.05, 4.69) is 9.72 Å². The third-order valence-corrected chi connectivity index (χ3v) is 6.02. The lowest BCUT2D eigenvalue weighted by Crippen LogP contribution is -2.16. The molecule has 2 aromatic heterocycles. The highest BCUT2D eigenvalue weighted by atomic mass is 35.5. The second-order valence-electron chi connectivity index (χ2n) is 5.98. The van der Waals surface area contributed by atoms with Crippen LogP contribution in [0.5, 0.6) is 0 Å².